The van der Waals surface area contributed by atoms with E-state index in [-0.39, 0.29) is 12.2 Å². The van der Waals surface area contributed by atoms with E-state index in [1.807, 2.05) is 6.92 Å². The van der Waals surface area contributed by atoms with Crippen LogP contribution in [0.2, 0.25) is 0 Å². The highest BCUT2D eigenvalue weighted by atomic mass is 32.5. The van der Waals surface area contributed by atoms with Crippen molar-refractivity contribution in [2.24, 2.45) is 0 Å². The molecule has 1 N–H and O–H groups in total. The molecule has 0 aromatic carbocycles. The molecule has 1 saturated heterocycles. The molecule has 1 aliphatic rings. The second kappa shape index (κ2) is 4.82. The molecule has 3 atom stereocenters. The molecule has 0 bridgehead atoms. The van der Waals surface area contributed by atoms with Crippen LogP contribution in [-0.4, -0.2) is 30.8 Å². The molecule has 0 aromatic rings. The molecular weight excluding hydrogens is 211 g/mol. The number of ether oxygens (including phenoxy) is 1. The highest BCUT2D eigenvalue weighted by Crippen LogP contribution is 2.46. The van der Waals surface area contributed by atoms with Crippen molar-refractivity contribution in [2.45, 2.75) is 32.0 Å². The first-order valence-electron chi connectivity index (χ1n) is 4.27. The molecule has 2 unspecified atom stereocenters. The predicted octanol–water partition coefficient (Wildman–Crippen LogP) is 1.43. The van der Waals surface area contributed by atoms with Gasteiger partial charge in [-0.15, -0.1) is 0 Å². The van der Waals surface area contributed by atoms with Crippen molar-refractivity contribution in [3.05, 3.63) is 0 Å². The van der Waals surface area contributed by atoms with Gasteiger partial charge in [0.1, 0.15) is 0 Å². The standard InChI is InChI=1S/C7H15O4PS/c1-3-6-7(4-5-10-6)11-12(8,13)9-2/h6-7H,3-5H2,1-2H3,(H,8,13)/t6?,7-,12?/m0/s1. The van der Waals surface area contributed by atoms with Gasteiger partial charge in [-0.25, -0.2) is 0 Å². The lowest BCUT2D eigenvalue weighted by Gasteiger charge is -2.21. The molecule has 0 radical (unpaired) electrons. The van der Waals surface area contributed by atoms with Crippen LogP contribution in [-0.2, 0) is 25.6 Å². The van der Waals surface area contributed by atoms with Gasteiger partial charge >= 0.3 is 6.72 Å². The highest BCUT2D eigenvalue weighted by Gasteiger charge is 2.32. The van der Waals surface area contributed by atoms with Gasteiger partial charge < -0.3 is 18.7 Å². The van der Waals surface area contributed by atoms with Gasteiger partial charge in [-0.2, -0.15) is 0 Å². The van der Waals surface area contributed by atoms with Crippen molar-refractivity contribution in [1.82, 2.24) is 0 Å². The third-order valence-corrected chi connectivity index (χ3v) is 3.75. The van der Waals surface area contributed by atoms with Crippen molar-refractivity contribution in [1.29, 1.82) is 0 Å². The van der Waals surface area contributed by atoms with Crippen LogP contribution in [0.5, 0.6) is 0 Å². The fraction of sp³-hybridized carbons (Fsp3) is 1.00. The number of hydrogen-bond donors (Lipinski definition) is 1. The lowest BCUT2D eigenvalue weighted by atomic mass is 10.1. The first-order valence-corrected chi connectivity index (χ1v) is 6.86. The Kier molecular flexibility index (Phi) is 4.29. The van der Waals surface area contributed by atoms with Crippen LogP contribution in [0.1, 0.15) is 19.8 Å². The smallest absolute Gasteiger partial charge is 0.324 e. The normalized spacial score (nSPS) is 33.2. The van der Waals surface area contributed by atoms with Crippen LogP contribution >= 0.6 is 6.72 Å². The van der Waals surface area contributed by atoms with Gasteiger partial charge in [0.05, 0.1) is 12.2 Å². The van der Waals surface area contributed by atoms with Crippen molar-refractivity contribution >= 4 is 18.5 Å². The Balaban J connectivity index is 2.48. The van der Waals surface area contributed by atoms with Crippen molar-refractivity contribution in [2.75, 3.05) is 13.7 Å². The molecular formula is C7H15O4PS. The van der Waals surface area contributed by atoms with E-state index in [1.54, 1.807) is 0 Å². The minimum Gasteiger partial charge on any atom is -0.375 e. The first-order chi connectivity index (χ1) is 6.09. The summed E-state index contributed by atoms with van der Waals surface area (Å²) >= 11 is 4.75. The van der Waals surface area contributed by atoms with Crippen molar-refractivity contribution < 1.29 is 18.7 Å². The zero-order valence-corrected chi connectivity index (χ0v) is 9.51. The fourth-order valence-corrected chi connectivity index (χ4v) is 2.35. The molecule has 78 valence electrons. The molecule has 1 rings (SSSR count). The Morgan fingerprint density at radius 2 is 2.38 bits per heavy atom. The van der Waals surface area contributed by atoms with Crippen LogP contribution < -0.4 is 0 Å². The Morgan fingerprint density at radius 1 is 1.69 bits per heavy atom. The van der Waals surface area contributed by atoms with Crippen LogP contribution in [0.15, 0.2) is 0 Å². The van der Waals surface area contributed by atoms with E-state index in [2.05, 4.69) is 0 Å². The van der Waals surface area contributed by atoms with Crippen LogP contribution in [0.3, 0.4) is 0 Å². The van der Waals surface area contributed by atoms with E-state index in [9.17, 15) is 4.89 Å². The van der Waals surface area contributed by atoms with E-state index in [0.717, 1.165) is 12.8 Å². The summed E-state index contributed by atoms with van der Waals surface area (Å²) in [5, 5.41) is 0. The maximum absolute atomic E-state index is 9.42. The zero-order chi connectivity index (χ0) is 9.90. The maximum Gasteiger partial charge on any atom is 0.324 e. The van der Waals surface area contributed by atoms with E-state index < -0.39 is 6.72 Å². The Hall–Kier alpha value is 0.490. The lowest BCUT2D eigenvalue weighted by molar-refractivity contribution is 0.0431. The predicted molar refractivity (Wildman–Crippen MR) is 53.0 cm³/mol. The van der Waals surface area contributed by atoms with Gasteiger partial charge in [0, 0.05) is 20.1 Å². The molecule has 13 heavy (non-hydrogen) atoms. The molecule has 1 heterocycles. The van der Waals surface area contributed by atoms with Crippen molar-refractivity contribution in [3.8, 4) is 0 Å². The number of hydrogen-bond acceptors (Lipinski definition) is 4. The first kappa shape index (κ1) is 11.6. The van der Waals surface area contributed by atoms with Gasteiger partial charge in [0.2, 0.25) is 0 Å². The Morgan fingerprint density at radius 3 is 2.92 bits per heavy atom. The quantitative estimate of drug-likeness (QED) is 0.735. The summed E-state index contributed by atoms with van der Waals surface area (Å²) in [6.07, 6.45) is 1.58. The summed E-state index contributed by atoms with van der Waals surface area (Å²) < 4.78 is 15.4. The summed E-state index contributed by atoms with van der Waals surface area (Å²) in [6, 6.07) is 0. The largest absolute Gasteiger partial charge is 0.375 e. The fourth-order valence-electron chi connectivity index (χ4n) is 1.34. The molecule has 4 nitrogen and oxygen atoms in total. The highest BCUT2D eigenvalue weighted by molar-refractivity contribution is 8.07. The van der Waals surface area contributed by atoms with Gasteiger partial charge in [-0.3, -0.25) is 0 Å². The summed E-state index contributed by atoms with van der Waals surface area (Å²) in [5.41, 5.74) is 0. The third kappa shape index (κ3) is 3.27. The summed E-state index contributed by atoms with van der Waals surface area (Å²) in [6.45, 7) is -0.337. The van der Waals surface area contributed by atoms with Gasteiger partial charge in [0.25, 0.3) is 0 Å². The number of rotatable bonds is 4. The average molecular weight is 226 g/mol. The molecule has 0 aromatic heterocycles. The molecule has 0 spiro atoms. The van der Waals surface area contributed by atoms with Gasteiger partial charge in [0.15, 0.2) is 0 Å². The molecule has 1 aliphatic heterocycles. The minimum atomic E-state index is -3.02. The third-order valence-electron chi connectivity index (χ3n) is 2.05. The van der Waals surface area contributed by atoms with Crippen molar-refractivity contribution in [3.63, 3.8) is 0 Å². The molecule has 0 aliphatic carbocycles. The second-order valence-corrected chi connectivity index (χ2v) is 5.80. The van der Waals surface area contributed by atoms with Crippen LogP contribution in [0, 0.1) is 0 Å². The minimum absolute atomic E-state index is 0.0459. The molecule has 0 saturated carbocycles. The molecule has 6 heteroatoms. The maximum atomic E-state index is 9.42. The SMILES string of the molecule is CCC1OCC[C@@H]1OP(O)(=S)OC. The Labute approximate surface area is 83.4 Å². The van der Waals surface area contributed by atoms with E-state index in [1.165, 1.54) is 7.11 Å². The zero-order valence-electron chi connectivity index (χ0n) is 7.80. The van der Waals surface area contributed by atoms with E-state index in [0.29, 0.717) is 6.61 Å². The molecule has 0 amide bonds. The van der Waals surface area contributed by atoms with Crippen LogP contribution in [0.25, 0.3) is 0 Å². The van der Waals surface area contributed by atoms with E-state index >= 15 is 0 Å². The van der Waals surface area contributed by atoms with Gasteiger partial charge in [-0.05, 0) is 18.2 Å². The van der Waals surface area contributed by atoms with E-state index in [4.69, 9.17) is 25.6 Å². The molecule has 1 fully saturated rings. The Bertz CT molecular complexity index is 211. The summed E-state index contributed by atoms with van der Waals surface area (Å²) in [5.74, 6) is 0. The monoisotopic (exact) mass is 226 g/mol. The van der Waals surface area contributed by atoms with Crippen LogP contribution in [0.4, 0.5) is 0 Å². The average Bonchev–Trinajstić information content (AvgIpc) is 2.51. The summed E-state index contributed by atoms with van der Waals surface area (Å²) in [7, 11) is 1.36. The second-order valence-electron chi connectivity index (χ2n) is 2.90. The lowest BCUT2D eigenvalue weighted by Crippen LogP contribution is -2.22. The summed E-state index contributed by atoms with van der Waals surface area (Å²) in [4.78, 5) is 9.42. The van der Waals surface area contributed by atoms with Gasteiger partial charge in [-0.1, -0.05) is 6.92 Å². The topological polar surface area (TPSA) is 47.9 Å².